The molecule has 0 radical (unpaired) electrons. The molecule has 0 spiro atoms. The minimum Gasteiger partial charge on any atom is -0.493 e. The molecular weight excluding hydrogens is 348 g/mol. The average molecular weight is 363 g/mol. The van der Waals surface area contributed by atoms with Crippen molar-refractivity contribution in [2.45, 2.75) is 0 Å². The molecule has 0 saturated carbocycles. The second-order valence-corrected chi connectivity index (χ2v) is 5.24. The number of carboxylic acid groups (broad SMARTS) is 1. The van der Waals surface area contributed by atoms with Gasteiger partial charge in [-0.25, -0.2) is 10.2 Å². The highest BCUT2D eigenvalue weighted by atomic mass is 35.5. The van der Waals surface area contributed by atoms with Crippen molar-refractivity contribution in [1.82, 2.24) is 5.43 Å². The molecular formula is C17H15ClN2O5. The summed E-state index contributed by atoms with van der Waals surface area (Å²) in [6, 6.07) is 11.3. The summed E-state index contributed by atoms with van der Waals surface area (Å²) in [5.74, 6) is -0.833. The number of amides is 1. The molecule has 0 bridgehead atoms. The van der Waals surface area contributed by atoms with Gasteiger partial charge in [-0.2, -0.15) is 5.10 Å². The maximum atomic E-state index is 11.9. The standard InChI is InChI=1S/C17H15ClN2O5/c1-24-15-7-11(5-6-14(15)25-10-16(21)22)9-19-20-17(23)12-3-2-4-13(18)8-12/h2-9H,10H2,1H3,(H,20,23)(H,21,22)/b19-9+. The third-order valence-corrected chi connectivity index (χ3v) is 3.24. The fourth-order valence-electron chi connectivity index (χ4n) is 1.88. The number of nitrogens with one attached hydrogen (secondary N) is 1. The van der Waals surface area contributed by atoms with Crippen molar-refractivity contribution in [1.29, 1.82) is 0 Å². The van der Waals surface area contributed by atoms with Crippen LogP contribution in [0, 0.1) is 0 Å². The zero-order chi connectivity index (χ0) is 18.2. The number of rotatable bonds is 7. The van der Waals surface area contributed by atoms with Gasteiger partial charge in [0, 0.05) is 10.6 Å². The molecule has 2 rings (SSSR count). The van der Waals surface area contributed by atoms with Crippen LogP contribution in [0.25, 0.3) is 0 Å². The minimum atomic E-state index is -1.09. The molecule has 7 nitrogen and oxygen atoms in total. The minimum absolute atomic E-state index is 0.296. The Balaban J connectivity index is 2.03. The van der Waals surface area contributed by atoms with E-state index in [1.54, 1.807) is 36.4 Å². The molecule has 0 aliphatic rings. The van der Waals surface area contributed by atoms with Crippen molar-refractivity contribution < 1.29 is 24.2 Å². The lowest BCUT2D eigenvalue weighted by molar-refractivity contribution is -0.139. The number of halogens is 1. The van der Waals surface area contributed by atoms with E-state index in [4.69, 9.17) is 26.2 Å². The smallest absolute Gasteiger partial charge is 0.341 e. The maximum Gasteiger partial charge on any atom is 0.341 e. The fourth-order valence-corrected chi connectivity index (χ4v) is 2.07. The van der Waals surface area contributed by atoms with Crippen molar-refractivity contribution in [3.05, 3.63) is 58.6 Å². The van der Waals surface area contributed by atoms with Crippen LogP contribution in [0.3, 0.4) is 0 Å². The van der Waals surface area contributed by atoms with Gasteiger partial charge in [-0.05, 0) is 42.0 Å². The van der Waals surface area contributed by atoms with E-state index < -0.39 is 18.5 Å². The summed E-state index contributed by atoms with van der Waals surface area (Å²) in [6.07, 6.45) is 1.42. The van der Waals surface area contributed by atoms with Crippen molar-refractivity contribution in [3.63, 3.8) is 0 Å². The lowest BCUT2D eigenvalue weighted by Crippen LogP contribution is -2.17. The number of carbonyl (C=O) groups is 2. The number of ether oxygens (including phenoxy) is 2. The van der Waals surface area contributed by atoms with Gasteiger partial charge in [0.1, 0.15) is 0 Å². The Morgan fingerprint density at radius 2 is 2.04 bits per heavy atom. The van der Waals surface area contributed by atoms with Gasteiger partial charge in [0.2, 0.25) is 0 Å². The van der Waals surface area contributed by atoms with Crippen LogP contribution in [0.4, 0.5) is 0 Å². The summed E-state index contributed by atoms with van der Waals surface area (Å²) in [7, 11) is 1.44. The SMILES string of the molecule is COc1cc(/C=N/NC(=O)c2cccc(Cl)c2)ccc1OCC(=O)O. The normalized spacial score (nSPS) is 10.5. The van der Waals surface area contributed by atoms with E-state index in [0.717, 1.165) is 0 Å². The number of carboxylic acids is 1. The van der Waals surface area contributed by atoms with E-state index >= 15 is 0 Å². The monoisotopic (exact) mass is 362 g/mol. The van der Waals surface area contributed by atoms with Gasteiger partial charge in [-0.3, -0.25) is 4.79 Å². The van der Waals surface area contributed by atoms with Crippen LogP contribution < -0.4 is 14.9 Å². The van der Waals surface area contributed by atoms with Gasteiger partial charge in [0.25, 0.3) is 5.91 Å². The van der Waals surface area contributed by atoms with Crippen LogP contribution >= 0.6 is 11.6 Å². The average Bonchev–Trinajstić information content (AvgIpc) is 2.60. The van der Waals surface area contributed by atoms with E-state index in [0.29, 0.717) is 27.6 Å². The van der Waals surface area contributed by atoms with Gasteiger partial charge in [0.15, 0.2) is 18.1 Å². The molecule has 8 heteroatoms. The highest BCUT2D eigenvalue weighted by Crippen LogP contribution is 2.27. The number of carbonyl (C=O) groups excluding carboxylic acids is 1. The fraction of sp³-hybridized carbons (Fsp3) is 0.118. The molecule has 25 heavy (non-hydrogen) atoms. The molecule has 130 valence electrons. The first-order valence-corrected chi connectivity index (χ1v) is 7.49. The second-order valence-electron chi connectivity index (χ2n) is 4.80. The molecule has 0 aromatic heterocycles. The first-order valence-electron chi connectivity index (χ1n) is 7.11. The Bertz CT molecular complexity index is 807. The Labute approximate surface area is 148 Å². The van der Waals surface area contributed by atoms with Gasteiger partial charge in [0.05, 0.1) is 13.3 Å². The predicted molar refractivity (Wildman–Crippen MR) is 92.6 cm³/mol. The summed E-state index contributed by atoms with van der Waals surface area (Å²) in [5.41, 5.74) is 3.41. The number of hydrazone groups is 1. The van der Waals surface area contributed by atoms with Crippen LogP contribution in [0.1, 0.15) is 15.9 Å². The summed E-state index contributed by atoms with van der Waals surface area (Å²) in [6.45, 7) is -0.473. The third kappa shape index (κ3) is 5.50. The number of methoxy groups -OCH3 is 1. The highest BCUT2D eigenvalue weighted by molar-refractivity contribution is 6.30. The number of aliphatic carboxylic acids is 1. The lowest BCUT2D eigenvalue weighted by atomic mass is 10.2. The molecule has 2 aromatic carbocycles. The number of hydrogen-bond donors (Lipinski definition) is 2. The molecule has 0 fully saturated rings. The van der Waals surface area contributed by atoms with E-state index in [1.165, 1.54) is 19.4 Å². The van der Waals surface area contributed by atoms with E-state index in [-0.39, 0.29) is 0 Å². The zero-order valence-electron chi connectivity index (χ0n) is 13.2. The quantitative estimate of drug-likeness (QED) is 0.582. The number of hydrogen-bond acceptors (Lipinski definition) is 5. The van der Waals surface area contributed by atoms with Crippen molar-refractivity contribution in [3.8, 4) is 11.5 Å². The molecule has 2 N–H and O–H groups in total. The van der Waals surface area contributed by atoms with E-state index in [9.17, 15) is 9.59 Å². The topological polar surface area (TPSA) is 97.2 Å². The van der Waals surface area contributed by atoms with Gasteiger partial charge in [-0.15, -0.1) is 0 Å². The van der Waals surface area contributed by atoms with Crippen molar-refractivity contribution in [2.24, 2.45) is 5.10 Å². The van der Waals surface area contributed by atoms with Crippen molar-refractivity contribution >= 4 is 29.7 Å². The maximum absolute atomic E-state index is 11.9. The van der Waals surface area contributed by atoms with Crippen LogP contribution in [-0.2, 0) is 4.79 Å². The largest absolute Gasteiger partial charge is 0.493 e. The Morgan fingerprint density at radius 3 is 2.72 bits per heavy atom. The molecule has 0 atom stereocenters. The van der Waals surface area contributed by atoms with Gasteiger partial charge >= 0.3 is 5.97 Å². The summed E-state index contributed by atoms with van der Waals surface area (Å²) in [4.78, 5) is 22.5. The second kappa shape index (κ2) is 8.70. The molecule has 0 aliphatic heterocycles. The Hall–Kier alpha value is -3.06. The molecule has 0 saturated heterocycles. The van der Waals surface area contributed by atoms with Crippen LogP contribution in [0.5, 0.6) is 11.5 Å². The first kappa shape index (κ1) is 18.3. The summed E-state index contributed by atoms with van der Waals surface area (Å²) < 4.78 is 10.3. The third-order valence-electron chi connectivity index (χ3n) is 3.01. The van der Waals surface area contributed by atoms with E-state index in [1.807, 2.05) is 0 Å². The first-order chi connectivity index (χ1) is 12.0. The molecule has 0 heterocycles. The predicted octanol–water partition coefficient (Wildman–Crippen LogP) is 2.58. The summed E-state index contributed by atoms with van der Waals surface area (Å²) in [5, 5.41) is 13.0. The van der Waals surface area contributed by atoms with E-state index in [2.05, 4.69) is 10.5 Å². The summed E-state index contributed by atoms with van der Waals surface area (Å²) >= 11 is 5.83. The zero-order valence-corrected chi connectivity index (χ0v) is 14.0. The molecule has 0 aliphatic carbocycles. The Morgan fingerprint density at radius 1 is 1.24 bits per heavy atom. The number of benzene rings is 2. The van der Waals surface area contributed by atoms with Crippen LogP contribution in [0.15, 0.2) is 47.6 Å². The molecule has 1 amide bonds. The molecule has 2 aromatic rings. The highest BCUT2D eigenvalue weighted by Gasteiger charge is 2.08. The van der Waals surface area contributed by atoms with Crippen LogP contribution in [0.2, 0.25) is 5.02 Å². The lowest BCUT2D eigenvalue weighted by Gasteiger charge is -2.09. The Kier molecular flexibility index (Phi) is 6.36. The number of nitrogens with zero attached hydrogens (tertiary/aromatic N) is 1. The van der Waals surface area contributed by atoms with Crippen LogP contribution in [-0.4, -0.2) is 36.9 Å². The molecule has 0 unspecified atom stereocenters. The van der Waals surface area contributed by atoms with Gasteiger partial charge < -0.3 is 14.6 Å². The van der Waals surface area contributed by atoms with Gasteiger partial charge in [-0.1, -0.05) is 17.7 Å². The van der Waals surface area contributed by atoms with Crippen molar-refractivity contribution in [2.75, 3.05) is 13.7 Å².